The molecule has 1 aromatic heterocycles. The van der Waals surface area contributed by atoms with Crippen molar-refractivity contribution >= 4 is 11.3 Å². The molecule has 1 atom stereocenters. The lowest BCUT2D eigenvalue weighted by Gasteiger charge is -2.33. The SMILES string of the molecule is CC(C)(c1ccccc1)C(NN)c1cnc(C(F)(F)F)s1. The minimum atomic E-state index is -4.43. The van der Waals surface area contributed by atoms with Crippen LogP contribution < -0.4 is 11.3 Å². The largest absolute Gasteiger partial charge is 0.443 e. The van der Waals surface area contributed by atoms with Crippen molar-refractivity contribution < 1.29 is 13.2 Å². The van der Waals surface area contributed by atoms with E-state index in [0.29, 0.717) is 16.2 Å². The number of thiazole rings is 1. The predicted octanol–water partition coefficient (Wildman–Crippen LogP) is 3.64. The van der Waals surface area contributed by atoms with Gasteiger partial charge in [-0.3, -0.25) is 11.3 Å². The molecular weight excluding hydrogens is 299 g/mol. The quantitative estimate of drug-likeness (QED) is 0.669. The Morgan fingerprint density at radius 3 is 2.29 bits per heavy atom. The van der Waals surface area contributed by atoms with E-state index in [9.17, 15) is 13.2 Å². The van der Waals surface area contributed by atoms with Gasteiger partial charge in [-0.2, -0.15) is 13.2 Å². The fourth-order valence-electron chi connectivity index (χ4n) is 2.23. The van der Waals surface area contributed by atoms with Crippen molar-refractivity contribution in [3.63, 3.8) is 0 Å². The molecule has 0 aliphatic rings. The van der Waals surface area contributed by atoms with Gasteiger partial charge in [0.25, 0.3) is 0 Å². The van der Waals surface area contributed by atoms with Gasteiger partial charge < -0.3 is 0 Å². The second-order valence-electron chi connectivity index (χ2n) is 5.25. The van der Waals surface area contributed by atoms with Gasteiger partial charge in [0.2, 0.25) is 0 Å². The number of alkyl halides is 3. The zero-order valence-corrected chi connectivity index (χ0v) is 12.4. The summed E-state index contributed by atoms with van der Waals surface area (Å²) < 4.78 is 38.1. The van der Waals surface area contributed by atoms with Gasteiger partial charge >= 0.3 is 6.18 Å². The summed E-state index contributed by atoms with van der Waals surface area (Å²) in [5.74, 6) is 5.59. The third-order valence-corrected chi connectivity index (χ3v) is 4.56. The monoisotopic (exact) mass is 315 g/mol. The minimum Gasteiger partial charge on any atom is -0.271 e. The molecule has 0 spiro atoms. The highest BCUT2D eigenvalue weighted by molar-refractivity contribution is 7.11. The molecular formula is C14H16F3N3S. The van der Waals surface area contributed by atoms with E-state index in [-0.39, 0.29) is 0 Å². The van der Waals surface area contributed by atoms with Gasteiger partial charge in [-0.15, -0.1) is 11.3 Å². The molecule has 0 aliphatic carbocycles. The highest BCUT2D eigenvalue weighted by Crippen LogP contribution is 2.41. The van der Waals surface area contributed by atoms with E-state index in [1.54, 1.807) is 0 Å². The molecule has 21 heavy (non-hydrogen) atoms. The molecule has 0 fully saturated rings. The maximum atomic E-state index is 12.7. The third-order valence-electron chi connectivity index (χ3n) is 3.46. The Morgan fingerprint density at radius 1 is 1.19 bits per heavy atom. The topological polar surface area (TPSA) is 50.9 Å². The maximum Gasteiger partial charge on any atom is 0.443 e. The number of benzene rings is 1. The Kier molecular flexibility index (Phi) is 4.36. The zero-order chi connectivity index (χ0) is 15.7. The van der Waals surface area contributed by atoms with Crippen molar-refractivity contribution in [2.75, 3.05) is 0 Å². The van der Waals surface area contributed by atoms with E-state index < -0.39 is 22.6 Å². The molecule has 0 bridgehead atoms. The molecule has 0 saturated heterocycles. The van der Waals surface area contributed by atoms with E-state index in [1.165, 1.54) is 6.20 Å². The molecule has 114 valence electrons. The fourth-order valence-corrected chi connectivity index (χ4v) is 3.26. The minimum absolute atomic E-state index is 0.457. The highest BCUT2D eigenvalue weighted by Gasteiger charge is 2.38. The van der Waals surface area contributed by atoms with Crippen LogP contribution in [0.4, 0.5) is 13.2 Å². The van der Waals surface area contributed by atoms with Crippen LogP contribution in [-0.2, 0) is 11.6 Å². The Hall–Kier alpha value is -1.44. The van der Waals surface area contributed by atoms with Crippen molar-refractivity contribution in [2.24, 2.45) is 5.84 Å². The number of nitrogens with one attached hydrogen (secondary N) is 1. The van der Waals surface area contributed by atoms with E-state index in [1.807, 2.05) is 44.2 Å². The van der Waals surface area contributed by atoms with Gasteiger partial charge in [0.1, 0.15) is 0 Å². The van der Waals surface area contributed by atoms with Crippen LogP contribution in [-0.4, -0.2) is 4.98 Å². The number of aromatic nitrogens is 1. The van der Waals surface area contributed by atoms with Crippen LogP contribution >= 0.6 is 11.3 Å². The normalized spacial score (nSPS) is 14.2. The lowest BCUT2D eigenvalue weighted by molar-refractivity contribution is -0.137. The van der Waals surface area contributed by atoms with Crippen molar-refractivity contribution in [3.8, 4) is 0 Å². The molecule has 1 heterocycles. The standard InChI is InChI=1S/C14H16F3N3S/c1-13(2,9-6-4-3-5-7-9)11(20-18)10-8-19-12(21-10)14(15,16)17/h3-8,11,20H,18H2,1-2H3. The summed E-state index contributed by atoms with van der Waals surface area (Å²) in [7, 11) is 0. The first-order valence-electron chi connectivity index (χ1n) is 6.31. The third kappa shape index (κ3) is 3.25. The van der Waals surface area contributed by atoms with Crippen LogP contribution in [0.5, 0.6) is 0 Å². The first kappa shape index (κ1) is 15.9. The van der Waals surface area contributed by atoms with Crippen molar-refractivity contribution in [3.05, 3.63) is 52.0 Å². The molecule has 3 nitrogen and oxygen atoms in total. The molecule has 3 N–H and O–H groups in total. The smallest absolute Gasteiger partial charge is 0.271 e. The molecule has 1 unspecified atom stereocenters. The molecule has 0 radical (unpaired) electrons. The van der Waals surface area contributed by atoms with Crippen LogP contribution in [0.3, 0.4) is 0 Å². The first-order chi connectivity index (χ1) is 9.76. The Labute approximate surface area is 125 Å². The average molecular weight is 315 g/mol. The van der Waals surface area contributed by atoms with Gasteiger partial charge in [0, 0.05) is 16.5 Å². The summed E-state index contributed by atoms with van der Waals surface area (Å²) in [6.45, 7) is 3.86. The molecule has 0 saturated carbocycles. The summed E-state index contributed by atoms with van der Waals surface area (Å²) in [5.41, 5.74) is 3.13. The van der Waals surface area contributed by atoms with E-state index >= 15 is 0 Å². The fraction of sp³-hybridized carbons (Fsp3) is 0.357. The van der Waals surface area contributed by atoms with Crippen LogP contribution in [0.25, 0.3) is 0 Å². The van der Waals surface area contributed by atoms with Crippen molar-refractivity contribution in [1.82, 2.24) is 10.4 Å². The molecule has 2 aromatic rings. The summed E-state index contributed by atoms with van der Waals surface area (Å²) in [4.78, 5) is 3.92. The highest BCUT2D eigenvalue weighted by atomic mass is 32.1. The van der Waals surface area contributed by atoms with Crippen LogP contribution in [0.15, 0.2) is 36.5 Å². The summed E-state index contributed by atoms with van der Waals surface area (Å²) in [6.07, 6.45) is -3.19. The average Bonchev–Trinajstić information content (AvgIpc) is 2.90. The van der Waals surface area contributed by atoms with E-state index in [4.69, 9.17) is 5.84 Å². The number of nitrogens with two attached hydrogens (primary N) is 1. The maximum absolute atomic E-state index is 12.7. The van der Waals surface area contributed by atoms with E-state index in [0.717, 1.165) is 5.56 Å². The van der Waals surface area contributed by atoms with E-state index in [2.05, 4.69) is 10.4 Å². The second-order valence-corrected chi connectivity index (χ2v) is 6.32. The summed E-state index contributed by atoms with van der Waals surface area (Å²) >= 11 is 0.615. The number of rotatable bonds is 4. The van der Waals surface area contributed by atoms with Gasteiger partial charge in [-0.05, 0) is 5.56 Å². The molecule has 0 amide bonds. The Morgan fingerprint density at radius 2 is 1.81 bits per heavy atom. The van der Waals surface area contributed by atoms with Crippen molar-refractivity contribution in [1.29, 1.82) is 0 Å². The van der Waals surface area contributed by atoms with Crippen LogP contribution in [0, 0.1) is 0 Å². The molecule has 7 heteroatoms. The number of hydrazine groups is 1. The molecule has 0 aliphatic heterocycles. The second kappa shape index (κ2) is 5.75. The number of halogens is 3. The Balaban J connectivity index is 2.37. The molecule has 2 rings (SSSR count). The van der Waals surface area contributed by atoms with Gasteiger partial charge in [0.05, 0.1) is 6.04 Å². The lowest BCUT2D eigenvalue weighted by atomic mass is 9.77. The van der Waals surface area contributed by atoms with Crippen LogP contribution in [0.2, 0.25) is 0 Å². The lowest BCUT2D eigenvalue weighted by Crippen LogP contribution is -2.40. The zero-order valence-electron chi connectivity index (χ0n) is 11.6. The predicted molar refractivity (Wildman–Crippen MR) is 76.6 cm³/mol. The number of hydrogen-bond donors (Lipinski definition) is 2. The van der Waals surface area contributed by atoms with Gasteiger partial charge in [-0.1, -0.05) is 44.2 Å². The molecule has 1 aromatic carbocycles. The first-order valence-corrected chi connectivity index (χ1v) is 7.13. The van der Waals surface area contributed by atoms with Gasteiger partial charge in [-0.25, -0.2) is 4.98 Å². The van der Waals surface area contributed by atoms with Crippen LogP contribution in [0.1, 0.15) is 35.3 Å². The Bertz CT molecular complexity index is 593. The number of hydrogen-bond acceptors (Lipinski definition) is 4. The summed E-state index contributed by atoms with van der Waals surface area (Å²) in [6, 6.07) is 9.05. The summed E-state index contributed by atoms with van der Waals surface area (Å²) in [5, 5.41) is -0.860. The number of nitrogens with zero attached hydrogens (tertiary/aromatic N) is 1. The van der Waals surface area contributed by atoms with Crippen molar-refractivity contribution in [2.45, 2.75) is 31.5 Å². The van der Waals surface area contributed by atoms with Gasteiger partial charge in [0.15, 0.2) is 5.01 Å².